The Bertz CT molecular complexity index is 1440. The van der Waals surface area contributed by atoms with Crippen molar-refractivity contribution in [3.05, 3.63) is 73.7 Å². The van der Waals surface area contributed by atoms with Crippen LogP contribution < -0.4 is 11.2 Å². The Morgan fingerprint density at radius 3 is 2.45 bits per heavy atom. The molecule has 0 spiro atoms. The molecule has 0 unspecified atom stereocenters. The van der Waals surface area contributed by atoms with Crippen LogP contribution in [-0.2, 0) is 13.6 Å². The maximum atomic E-state index is 13.3. The van der Waals surface area contributed by atoms with Gasteiger partial charge >= 0.3 is 5.69 Å². The number of rotatable bonds is 3. The summed E-state index contributed by atoms with van der Waals surface area (Å²) in [5.41, 5.74) is 5.98. The molecular weight excluding hydrogens is 366 g/mol. The van der Waals surface area contributed by atoms with Crippen LogP contribution >= 0.6 is 0 Å². The Kier molecular flexibility index (Phi) is 4.15. The molecule has 0 aliphatic rings. The SMILES string of the molecule is C=C(C)Cn1c(=O)c2c(nc3n(-c4cc(C)ccc4C)c(C)c(C)n23)n(C)c1=O. The van der Waals surface area contributed by atoms with Gasteiger partial charge in [-0.3, -0.25) is 22.9 Å². The minimum Gasteiger partial charge on any atom is -0.282 e. The third kappa shape index (κ3) is 2.61. The van der Waals surface area contributed by atoms with Crippen molar-refractivity contribution in [3.63, 3.8) is 0 Å². The van der Waals surface area contributed by atoms with Gasteiger partial charge in [-0.05, 0) is 51.8 Å². The van der Waals surface area contributed by atoms with Crippen molar-refractivity contribution < 1.29 is 0 Å². The van der Waals surface area contributed by atoms with Crippen LogP contribution in [0.15, 0.2) is 39.9 Å². The number of aromatic nitrogens is 5. The molecule has 29 heavy (non-hydrogen) atoms. The molecule has 0 N–H and O–H groups in total. The van der Waals surface area contributed by atoms with Gasteiger partial charge in [0.15, 0.2) is 11.2 Å². The van der Waals surface area contributed by atoms with Gasteiger partial charge in [-0.15, -0.1) is 0 Å². The first-order chi connectivity index (χ1) is 13.6. The summed E-state index contributed by atoms with van der Waals surface area (Å²) in [5, 5.41) is 0. The first-order valence-electron chi connectivity index (χ1n) is 9.55. The highest BCUT2D eigenvalue weighted by Gasteiger charge is 2.23. The van der Waals surface area contributed by atoms with Gasteiger partial charge in [-0.1, -0.05) is 24.3 Å². The number of aryl methyl sites for hydroxylation is 4. The second-order valence-corrected chi connectivity index (χ2v) is 7.91. The normalized spacial score (nSPS) is 11.7. The molecular formula is C22H25N5O2. The van der Waals surface area contributed by atoms with Gasteiger partial charge in [0.1, 0.15) is 0 Å². The molecule has 7 nitrogen and oxygen atoms in total. The Morgan fingerprint density at radius 1 is 1.10 bits per heavy atom. The Balaban J connectivity index is 2.22. The summed E-state index contributed by atoms with van der Waals surface area (Å²) in [7, 11) is 1.65. The summed E-state index contributed by atoms with van der Waals surface area (Å²) in [6.07, 6.45) is 0. The number of allylic oxidation sites excluding steroid dienone is 1. The Morgan fingerprint density at radius 2 is 1.79 bits per heavy atom. The van der Waals surface area contributed by atoms with Crippen molar-refractivity contribution in [1.29, 1.82) is 0 Å². The van der Waals surface area contributed by atoms with Gasteiger partial charge in [-0.2, -0.15) is 4.98 Å². The maximum absolute atomic E-state index is 13.3. The second kappa shape index (κ2) is 6.34. The summed E-state index contributed by atoms with van der Waals surface area (Å²) < 4.78 is 6.59. The minimum atomic E-state index is -0.390. The summed E-state index contributed by atoms with van der Waals surface area (Å²) in [6, 6.07) is 6.26. The number of fused-ring (bicyclic) bond motifs is 3. The monoisotopic (exact) mass is 391 g/mol. The van der Waals surface area contributed by atoms with Crippen LogP contribution in [-0.4, -0.2) is 23.1 Å². The van der Waals surface area contributed by atoms with Gasteiger partial charge in [0, 0.05) is 18.4 Å². The van der Waals surface area contributed by atoms with Crippen molar-refractivity contribution in [1.82, 2.24) is 23.1 Å². The number of hydrogen-bond donors (Lipinski definition) is 0. The molecule has 7 heteroatoms. The molecule has 0 fully saturated rings. The fraction of sp³-hybridized carbons (Fsp3) is 0.318. The lowest BCUT2D eigenvalue weighted by Crippen LogP contribution is -2.39. The lowest BCUT2D eigenvalue weighted by Gasteiger charge is -2.11. The molecule has 0 saturated heterocycles. The molecule has 0 radical (unpaired) electrons. The Hall–Kier alpha value is -3.35. The van der Waals surface area contributed by atoms with Gasteiger partial charge in [0.25, 0.3) is 5.56 Å². The van der Waals surface area contributed by atoms with Crippen LogP contribution in [0.4, 0.5) is 0 Å². The van der Waals surface area contributed by atoms with E-state index in [1.807, 2.05) is 25.2 Å². The third-order valence-electron chi connectivity index (χ3n) is 5.55. The number of nitrogens with zero attached hydrogens (tertiary/aromatic N) is 5. The lowest BCUT2D eigenvalue weighted by molar-refractivity contribution is 0.651. The molecule has 3 heterocycles. The molecule has 0 aliphatic carbocycles. The fourth-order valence-corrected chi connectivity index (χ4v) is 3.91. The highest BCUT2D eigenvalue weighted by atomic mass is 16.2. The van der Waals surface area contributed by atoms with Gasteiger partial charge in [0.05, 0.1) is 12.2 Å². The van der Waals surface area contributed by atoms with E-state index in [1.54, 1.807) is 14.0 Å². The summed E-state index contributed by atoms with van der Waals surface area (Å²) in [4.78, 5) is 30.8. The smallest absolute Gasteiger partial charge is 0.282 e. The minimum absolute atomic E-state index is 0.185. The zero-order valence-corrected chi connectivity index (χ0v) is 17.7. The molecule has 3 aromatic heterocycles. The summed E-state index contributed by atoms with van der Waals surface area (Å²) >= 11 is 0. The molecule has 0 amide bonds. The highest BCUT2D eigenvalue weighted by molar-refractivity contribution is 5.77. The van der Waals surface area contributed by atoms with Crippen molar-refractivity contribution in [2.45, 2.75) is 41.2 Å². The van der Waals surface area contributed by atoms with Crippen molar-refractivity contribution in [2.24, 2.45) is 7.05 Å². The number of imidazole rings is 2. The number of benzene rings is 1. The highest BCUT2D eigenvalue weighted by Crippen LogP contribution is 2.26. The van der Waals surface area contributed by atoms with Crippen molar-refractivity contribution >= 4 is 16.9 Å². The van der Waals surface area contributed by atoms with E-state index in [0.29, 0.717) is 16.9 Å². The zero-order valence-electron chi connectivity index (χ0n) is 17.7. The topological polar surface area (TPSA) is 66.2 Å². The van der Waals surface area contributed by atoms with E-state index in [1.165, 1.54) is 9.13 Å². The largest absolute Gasteiger partial charge is 0.332 e. The fourth-order valence-electron chi connectivity index (χ4n) is 3.91. The first kappa shape index (κ1) is 19.0. The van der Waals surface area contributed by atoms with Crippen LogP contribution in [0, 0.1) is 27.7 Å². The predicted molar refractivity (Wildman–Crippen MR) is 115 cm³/mol. The van der Waals surface area contributed by atoms with Crippen LogP contribution in [0.25, 0.3) is 22.6 Å². The molecule has 4 rings (SSSR count). The van der Waals surface area contributed by atoms with Gasteiger partial charge in [-0.25, -0.2) is 4.79 Å². The third-order valence-corrected chi connectivity index (χ3v) is 5.55. The van der Waals surface area contributed by atoms with Crippen molar-refractivity contribution in [3.8, 4) is 5.69 Å². The molecule has 4 aromatic rings. The molecule has 0 aliphatic heterocycles. The van der Waals surface area contributed by atoms with E-state index in [0.717, 1.165) is 33.8 Å². The number of hydrogen-bond acceptors (Lipinski definition) is 3. The van der Waals surface area contributed by atoms with E-state index < -0.39 is 0 Å². The standard InChI is InChI=1S/C22H25N5O2/c1-12(2)11-25-20(28)18-19(24(7)22(25)29)23-21-26(15(5)16(6)27(18)21)17-10-13(3)8-9-14(17)4/h8-10H,1,11H2,2-7H3. The van der Waals surface area contributed by atoms with Crippen LogP contribution in [0.3, 0.4) is 0 Å². The van der Waals surface area contributed by atoms with Crippen molar-refractivity contribution in [2.75, 3.05) is 0 Å². The van der Waals surface area contributed by atoms with Crippen LogP contribution in [0.1, 0.15) is 29.4 Å². The second-order valence-electron chi connectivity index (χ2n) is 7.91. The molecule has 0 saturated carbocycles. The summed E-state index contributed by atoms with van der Waals surface area (Å²) in [5.74, 6) is 0.629. The first-order valence-corrected chi connectivity index (χ1v) is 9.55. The predicted octanol–water partition coefficient (Wildman–Crippen LogP) is 2.95. The zero-order chi connectivity index (χ0) is 21.2. The average Bonchev–Trinajstić information content (AvgIpc) is 3.15. The maximum Gasteiger partial charge on any atom is 0.332 e. The van der Waals surface area contributed by atoms with E-state index >= 15 is 0 Å². The molecule has 1 aromatic carbocycles. The lowest BCUT2D eigenvalue weighted by atomic mass is 10.1. The van der Waals surface area contributed by atoms with Crippen LogP contribution in [0.2, 0.25) is 0 Å². The molecule has 0 bridgehead atoms. The van der Waals surface area contributed by atoms with E-state index in [-0.39, 0.29) is 17.8 Å². The van der Waals surface area contributed by atoms with E-state index in [2.05, 4.69) is 36.3 Å². The average molecular weight is 391 g/mol. The van der Waals surface area contributed by atoms with E-state index in [9.17, 15) is 9.59 Å². The van der Waals surface area contributed by atoms with E-state index in [4.69, 9.17) is 4.98 Å². The summed E-state index contributed by atoms with van der Waals surface area (Å²) in [6.45, 7) is 13.9. The quantitative estimate of drug-likeness (QED) is 0.504. The van der Waals surface area contributed by atoms with Crippen LogP contribution in [0.5, 0.6) is 0 Å². The molecule has 0 atom stereocenters. The molecule has 150 valence electrons. The Labute approximate surface area is 168 Å². The van der Waals surface area contributed by atoms with Gasteiger partial charge < -0.3 is 0 Å². The van der Waals surface area contributed by atoms with Gasteiger partial charge in [0.2, 0.25) is 5.78 Å².